The third kappa shape index (κ3) is 2.80. The number of hydrogen-bond acceptors (Lipinski definition) is 2. The number of benzene rings is 1. The van der Waals surface area contributed by atoms with Gasteiger partial charge in [0.15, 0.2) is 0 Å². The summed E-state index contributed by atoms with van der Waals surface area (Å²) in [5.74, 6) is 0.640. The summed E-state index contributed by atoms with van der Waals surface area (Å²) in [4.78, 5) is -0.00152. The molecule has 1 aliphatic heterocycles. The Morgan fingerprint density at radius 1 is 1.53 bits per heavy atom. The summed E-state index contributed by atoms with van der Waals surface area (Å²) in [6.07, 6.45) is 1.22. The van der Waals surface area contributed by atoms with Gasteiger partial charge in [-0.05, 0) is 19.4 Å². The van der Waals surface area contributed by atoms with Gasteiger partial charge in [0, 0.05) is 22.4 Å². The van der Waals surface area contributed by atoms with Crippen LogP contribution in [0.3, 0.4) is 0 Å². The van der Waals surface area contributed by atoms with Crippen molar-refractivity contribution in [3.63, 3.8) is 0 Å². The standard InChI is InChI=1S/C13H16BrFO2/c1-8-5-9(7-17-8)13(14)11-4-3-10(16-2)6-12(11)15/h3-4,6,8-9,13H,5,7H2,1-2H3. The van der Waals surface area contributed by atoms with Crippen molar-refractivity contribution in [3.8, 4) is 5.75 Å². The number of methoxy groups -OCH3 is 1. The van der Waals surface area contributed by atoms with Crippen molar-refractivity contribution in [1.29, 1.82) is 0 Å². The molecule has 0 aromatic heterocycles. The Hall–Kier alpha value is -0.610. The minimum absolute atomic E-state index is 0.00152. The van der Waals surface area contributed by atoms with Crippen LogP contribution in [0.2, 0.25) is 0 Å². The van der Waals surface area contributed by atoms with E-state index in [4.69, 9.17) is 9.47 Å². The Kier molecular flexibility index (Phi) is 4.05. The van der Waals surface area contributed by atoms with E-state index in [-0.39, 0.29) is 16.7 Å². The molecule has 2 nitrogen and oxygen atoms in total. The molecule has 0 N–H and O–H groups in total. The summed E-state index contributed by atoms with van der Waals surface area (Å²) in [6, 6.07) is 4.98. The van der Waals surface area contributed by atoms with Gasteiger partial charge in [-0.15, -0.1) is 0 Å². The van der Waals surface area contributed by atoms with Crippen LogP contribution in [-0.2, 0) is 4.74 Å². The average molecular weight is 303 g/mol. The molecule has 17 heavy (non-hydrogen) atoms. The Bertz CT molecular complexity index is 397. The molecule has 1 heterocycles. The maximum absolute atomic E-state index is 13.9. The predicted octanol–water partition coefficient (Wildman–Crippen LogP) is 3.70. The molecule has 0 amide bonds. The monoisotopic (exact) mass is 302 g/mol. The summed E-state index contributed by atoms with van der Waals surface area (Å²) in [7, 11) is 1.53. The molecule has 1 aromatic rings. The molecule has 3 atom stereocenters. The van der Waals surface area contributed by atoms with Crippen LogP contribution in [0.4, 0.5) is 4.39 Å². The van der Waals surface area contributed by atoms with Gasteiger partial charge in [-0.2, -0.15) is 0 Å². The summed E-state index contributed by atoms with van der Waals surface area (Å²) < 4.78 is 24.4. The van der Waals surface area contributed by atoms with E-state index in [9.17, 15) is 4.39 Å². The van der Waals surface area contributed by atoms with Gasteiger partial charge in [-0.25, -0.2) is 4.39 Å². The molecular formula is C13H16BrFO2. The molecule has 0 aliphatic carbocycles. The van der Waals surface area contributed by atoms with Crippen LogP contribution in [0.1, 0.15) is 23.7 Å². The van der Waals surface area contributed by atoms with Crippen LogP contribution in [0.25, 0.3) is 0 Å². The molecule has 1 fully saturated rings. The number of hydrogen-bond donors (Lipinski definition) is 0. The van der Waals surface area contributed by atoms with Gasteiger partial charge in [0.05, 0.1) is 19.8 Å². The normalized spacial score (nSPS) is 25.9. The lowest BCUT2D eigenvalue weighted by molar-refractivity contribution is 0.120. The Morgan fingerprint density at radius 3 is 2.82 bits per heavy atom. The molecule has 4 heteroatoms. The van der Waals surface area contributed by atoms with Gasteiger partial charge >= 0.3 is 0 Å². The van der Waals surface area contributed by atoms with Crippen molar-refractivity contribution in [3.05, 3.63) is 29.6 Å². The fourth-order valence-electron chi connectivity index (χ4n) is 2.17. The van der Waals surface area contributed by atoms with Gasteiger partial charge in [0.2, 0.25) is 0 Å². The summed E-state index contributed by atoms with van der Waals surface area (Å²) in [5.41, 5.74) is 0.675. The molecule has 2 rings (SSSR count). The van der Waals surface area contributed by atoms with E-state index in [1.54, 1.807) is 12.1 Å². The molecule has 1 aliphatic rings. The van der Waals surface area contributed by atoms with Crippen LogP contribution < -0.4 is 4.74 Å². The zero-order valence-electron chi connectivity index (χ0n) is 9.95. The lowest BCUT2D eigenvalue weighted by atomic mass is 9.96. The summed E-state index contributed by atoms with van der Waals surface area (Å²) in [5, 5.41) is 0. The number of ether oxygens (including phenoxy) is 2. The van der Waals surface area contributed by atoms with Crippen molar-refractivity contribution in [2.45, 2.75) is 24.3 Å². The van der Waals surface area contributed by atoms with Crippen molar-refractivity contribution >= 4 is 15.9 Å². The van der Waals surface area contributed by atoms with Crippen LogP contribution in [-0.4, -0.2) is 19.8 Å². The molecule has 1 saturated heterocycles. The summed E-state index contributed by atoms with van der Waals surface area (Å²) in [6.45, 7) is 2.73. The number of rotatable bonds is 3. The molecule has 0 radical (unpaired) electrons. The quantitative estimate of drug-likeness (QED) is 0.793. The van der Waals surface area contributed by atoms with E-state index >= 15 is 0 Å². The van der Waals surface area contributed by atoms with Gasteiger partial charge in [0.1, 0.15) is 11.6 Å². The van der Waals surface area contributed by atoms with Crippen molar-refractivity contribution in [2.75, 3.05) is 13.7 Å². The van der Waals surface area contributed by atoms with E-state index in [1.807, 2.05) is 6.92 Å². The minimum atomic E-state index is -0.231. The second-order valence-electron chi connectivity index (χ2n) is 4.43. The zero-order valence-corrected chi connectivity index (χ0v) is 11.5. The maximum Gasteiger partial charge on any atom is 0.131 e. The van der Waals surface area contributed by atoms with Gasteiger partial charge in [-0.3, -0.25) is 0 Å². The van der Waals surface area contributed by atoms with E-state index < -0.39 is 0 Å². The SMILES string of the molecule is COc1ccc(C(Br)C2COC(C)C2)c(F)c1. The van der Waals surface area contributed by atoms with Crippen LogP contribution >= 0.6 is 15.9 Å². The van der Waals surface area contributed by atoms with Gasteiger partial charge in [-0.1, -0.05) is 22.0 Å². The largest absolute Gasteiger partial charge is 0.497 e. The van der Waals surface area contributed by atoms with Crippen molar-refractivity contribution in [1.82, 2.24) is 0 Å². The maximum atomic E-state index is 13.9. The van der Waals surface area contributed by atoms with Gasteiger partial charge in [0.25, 0.3) is 0 Å². The molecule has 0 spiro atoms. The lowest BCUT2D eigenvalue weighted by Crippen LogP contribution is -2.09. The van der Waals surface area contributed by atoms with Gasteiger partial charge < -0.3 is 9.47 Å². The van der Waals surface area contributed by atoms with E-state index in [2.05, 4.69) is 15.9 Å². The number of halogens is 2. The van der Waals surface area contributed by atoms with Crippen LogP contribution in [0.15, 0.2) is 18.2 Å². The zero-order chi connectivity index (χ0) is 12.4. The first-order valence-corrected chi connectivity index (χ1v) is 6.62. The third-order valence-electron chi connectivity index (χ3n) is 3.15. The first kappa shape index (κ1) is 12.8. The van der Waals surface area contributed by atoms with E-state index in [1.165, 1.54) is 13.2 Å². The molecule has 0 bridgehead atoms. The summed E-state index contributed by atoms with van der Waals surface area (Å²) >= 11 is 3.58. The second kappa shape index (κ2) is 5.36. The third-order valence-corrected chi connectivity index (χ3v) is 4.39. The molecule has 3 unspecified atom stereocenters. The van der Waals surface area contributed by atoms with Crippen LogP contribution in [0.5, 0.6) is 5.75 Å². The molecular weight excluding hydrogens is 287 g/mol. The average Bonchev–Trinajstić information content (AvgIpc) is 2.75. The number of alkyl halides is 1. The Labute approximate surface area is 109 Å². The molecule has 0 saturated carbocycles. The first-order chi connectivity index (χ1) is 8.11. The smallest absolute Gasteiger partial charge is 0.131 e. The highest BCUT2D eigenvalue weighted by Crippen LogP contribution is 2.39. The first-order valence-electron chi connectivity index (χ1n) is 5.71. The van der Waals surface area contributed by atoms with E-state index in [0.29, 0.717) is 23.8 Å². The highest BCUT2D eigenvalue weighted by Gasteiger charge is 2.30. The van der Waals surface area contributed by atoms with Crippen molar-refractivity contribution in [2.24, 2.45) is 5.92 Å². The fourth-order valence-corrected chi connectivity index (χ4v) is 2.91. The second-order valence-corrected chi connectivity index (χ2v) is 5.42. The van der Waals surface area contributed by atoms with Crippen molar-refractivity contribution < 1.29 is 13.9 Å². The topological polar surface area (TPSA) is 18.5 Å². The Morgan fingerprint density at radius 2 is 2.29 bits per heavy atom. The van der Waals surface area contributed by atoms with E-state index in [0.717, 1.165) is 6.42 Å². The molecule has 94 valence electrons. The fraction of sp³-hybridized carbons (Fsp3) is 0.538. The highest BCUT2D eigenvalue weighted by atomic mass is 79.9. The Balaban J connectivity index is 2.16. The van der Waals surface area contributed by atoms with Crippen LogP contribution in [0, 0.1) is 11.7 Å². The lowest BCUT2D eigenvalue weighted by Gasteiger charge is -2.17. The minimum Gasteiger partial charge on any atom is -0.497 e. The molecule has 1 aromatic carbocycles. The highest BCUT2D eigenvalue weighted by molar-refractivity contribution is 9.09. The predicted molar refractivity (Wildman–Crippen MR) is 68.1 cm³/mol.